The largest absolute Gasteiger partial charge is 0.487 e. The molecule has 4 heteroatoms. The molecular weight excluding hydrogens is 276 g/mol. The molecule has 0 saturated heterocycles. The van der Waals surface area contributed by atoms with E-state index in [0.717, 1.165) is 30.6 Å². The second-order valence-corrected chi connectivity index (χ2v) is 6.94. The van der Waals surface area contributed by atoms with E-state index in [9.17, 15) is 4.79 Å². The number of benzene rings is 1. The molecule has 1 aromatic rings. The second kappa shape index (κ2) is 5.92. The van der Waals surface area contributed by atoms with E-state index >= 15 is 0 Å². The topological polar surface area (TPSA) is 64.4 Å². The Kier molecular flexibility index (Phi) is 4.13. The molecule has 3 rings (SSSR count). The van der Waals surface area contributed by atoms with Gasteiger partial charge in [-0.3, -0.25) is 4.79 Å². The molecule has 0 bridgehead atoms. The molecule has 3 atom stereocenters. The van der Waals surface area contributed by atoms with Gasteiger partial charge < -0.3 is 15.8 Å². The first kappa shape index (κ1) is 15.3. The molecular formula is C18H26N2O2. The maximum absolute atomic E-state index is 12.4. The van der Waals surface area contributed by atoms with Crippen molar-refractivity contribution in [2.75, 3.05) is 0 Å². The number of amides is 1. The Hall–Kier alpha value is -1.55. The summed E-state index contributed by atoms with van der Waals surface area (Å²) < 4.78 is 6.32. The van der Waals surface area contributed by atoms with E-state index in [2.05, 4.69) is 11.4 Å². The van der Waals surface area contributed by atoms with Crippen LogP contribution in [-0.2, 0) is 4.79 Å². The lowest BCUT2D eigenvalue weighted by Gasteiger charge is -2.40. The number of nitrogens with one attached hydrogen (secondary N) is 1. The van der Waals surface area contributed by atoms with E-state index in [4.69, 9.17) is 10.5 Å². The van der Waals surface area contributed by atoms with Crippen molar-refractivity contribution < 1.29 is 9.53 Å². The minimum atomic E-state index is -0.186. The van der Waals surface area contributed by atoms with E-state index in [-0.39, 0.29) is 29.5 Å². The normalized spacial score (nSPS) is 25.1. The lowest BCUT2D eigenvalue weighted by molar-refractivity contribution is -0.126. The Morgan fingerprint density at radius 2 is 2.00 bits per heavy atom. The molecule has 1 spiro atoms. The summed E-state index contributed by atoms with van der Waals surface area (Å²) in [6.45, 7) is 3.76. The number of fused-ring (bicyclic) bond motifs is 1. The quantitative estimate of drug-likeness (QED) is 0.902. The number of hydrogen-bond donors (Lipinski definition) is 2. The number of nitrogens with two attached hydrogens (primary N) is 1. The average Bonchev–Trinajstić information content (AvgIpc) is 2.93. The Bertz CT molecular complexity index is 550. The second-order valence-electron chi connectivity index (χ2n) is 6.94. The van der Waals surface area contributed by atoms with E-state index in [1.54, 1.807) is 0 Å². The third kappa shape index (κ3) is 2.84. The standard InChI is InChI=1S/C18H26N2O2/c1-12(13(2)19)17(21)20-15-11-18(9-5-6-10-18)22-16-8-4-3-7-14(15)16/h3-4,7-8,12-13,15H,5-6,9-11,19H2,1-2H3,(H,20,21). The van der Waals surface area contributed by atoms with Crippen LogP contribution in [0.25, 0.3) is 0 Å². The van der Waals surface area contributed by atoms with Gasteiger partial charge in [-0.25, -0.2) is 0 Å². The fourth-order valence-electron chi connectivity index (χ4n) is 3.61. The van der Waals surface area contributed by atoms with Gasteiger partial charge in [0.15, 0.2) is 0 Å². The molecule has 1 saturated carbocycles. The Balaban J connectivity index is 1.84. The van der Waals surface area contributed by atoms with Crippen LogP contribution in [0.2, 0.25) is 0 Å². The molecule has 1 aliphatic carbocycles. The highest BCUT2D eigenvalue weighted by molar-refractivity contribution is 5.79. The van der Waals surface area contributed by atoms with Gasteiger partial charge in [0.25, 0.3) is 0 Å². The lowest BCUT2D eigenvalue weighted by Crippen LogP contribution is -2.46. The average molecular weight is 302 g/mol. The van der Waals surface area contributed by atoms with Crippen LogP contribution in [0.15, 0.2) is 24.3 Å². The van der Waals surface area contributed by atoms with Crippen molar-refractivity contribution in [1.29, 1.82) is 0 Å². The first-order valence-electron chi connectivity index (χ1n) is 8.35. The van der Waals surface area contributed by atoms with Crippen LogP contribution in [0.1, 0.15) is 57.6 Å². The molecule has 3 unspecified atom stereocenters. The smallest absolute Gasteiger partial charge is 0.224 e. The molecule has 2 aliphatic rings. The van der Waals surface area contributed by atoms with E-state index in [1.807, 2.05) is 32.0 Å². The van der Waals surface area contributed by atoms with Crippen LogP contribution >= 0.6 is 0 Å². The zero-order chi connectivity index (χ0) is 15.7. The summed E-state index contributed by atoms with van der Waals surface area (Å²) in [6.07, 6.45) is 5.44. The van der Waals surface area contributed by atoms with Gasteiger partial charge in [-0.15, -0.1) is 0 Å². The van der Waals surface area contributed by atoms with Crippen molar-refractivity contribution in [2.24, 2.45) is 11.7 Å². The van der Waals surface area contributed by atoms with Gasteiger partial charge in [0, 0.05) is 23.9 Å². The highest BCUT2D eigenvalue weighted by atomic mass is 16.5. The molecule has 1 aromatic carbocycles. The zero-order valence-electron chi connectivity index (χ0n) is 13.5. The van der Waals surface area contributed by atoms with Gasteiger partial charge in [0.2, 0.25) is 5.91 Å². The van der Waals surface area contributed by atoms with Crippen LogP contribution in [0, 0.1) is 5.92 Å². The summed E-state index contributed by atoms with van der Waals surface area (Å²) in [7, 11) is 0. The van der Waals surface area contributed by atoms with E-state index in [0.29, 0.717) is 0 Å². The maximum atomic E-state index is 12.4. The summed E-state index contributed by atoms with van der Waals surface area (Å²) in [5.74, 6) is 0.772. The van der Waals surface area contributed by atoms with Gasteiger partial charge >= 0.3 is 0 Å². The SMILES string of the molecule is CC(N)C(C)C(=O)NC1CC2(CCCC2)Oc2ccccc21. The minimum Gasteiger partial charge on any atom is -0.487 e. The maximum Gasteiger partial charge on any atom is 0.224 e. The first-order chi connectivity index (χ1) is 10.5. The Morgan fingerprint density at radius 1 is 1.32 bits per heavy atom. The van der Waals surface area contributed by atoms with Gasteiger partial charge in [-0.05, 0) is 38.7 Å². The Labute approximate surface area is 132 Å². The summed E-state index contributed by atoms with van der Waals surface area (Å²) >= 11 is 0. The fraction of sp³-hybridized carbons (Fsp3) is 0.611. The van der Waals surface area contributed by atoms with Crippen molar-refractivity contribution in [3.8, 4) is 5.75 Å². The monoisotopic (exact) mass is 302 g/mol. The van der Waals surface area contributed by atoms with E-state index in [1.165, 1.54) is 12.8 Å². The number of carbonyl (C=O) groups excluding carboxylic acids is 1. The van der Waals surface area contributed by atoms with Crippen LogP contribution in [0.3, 0.4) is 0 Å². The number of carbonyl (C=O) groups is 1. The van der Waals surface area contributed by atoms with Crippen molar-refractivity contribution >= 4 is 5.91 Å². The molecule has 0 aromatic heterocycles. The molecule has 1 fully saturated rings. The van der Waals surface area contributed by atoms with Crippen LogP contribution in [0.4, 0.5) is 0 Å². The van der Waals surface area contributed by atoms with E-state index < -0.39 is 0 Å². The van der Waals surface area contributed by atoms with Gasteiger partial charge in [-0.2, -0.15) is 0 Å². The summed E-state index contributed by atoms with van der Waals surface area (Å²) in [6, 6.07) is 7.95. The Morgan fingerprint density at radius 3 is 2.68 bits per heavy atom. The first-order valence-corrected chi connectivity index (χ1v) is 8.35. The van der Waals surface area contributed by atoms with Crippen LogP contribution in [0.5, 0.6) is 5.75 Å². The molecule has 1 amide bonds. The highest BCUT2D eigenvalue weighted by Crippen LogP contribution is 2.47. The van der Waals surface area contributed by atoms with Gasteiger partial charge in [0.1, 0.15) is 11.4 Å². The predicted molar refractivity (Wildman–Crippen MR) is 86.6 cm³/mol. The highest BCUT2D eigenvalue weighted by Gasteiger charge is 2.43. The summed E-state index contributed by atoms with van der Waals surface area (Å²) in [5, 5.41) is 3.21. The molecule has 120 valence electrons. The van der Waals surface area contributed by atoms with Gasteiger partial charge in [0.05, 0.1) is 6.04 Å². The fourth-order valence-corrected chi connectivity index (χ4v) is 3.61. The summed E-state index contributed by atoms with van der Waals surface area (Å²) in [5.41, 5.74) is 6.86. The number of rotatable bonds is 3. The molecule has 4 nitrogen and oxygen atoms in total. The molecule has 3 N–H and O–H groups in total. The number of ether oxygens (including phenoxy) is 1. The van der Waals surface area contributed by atoms with Crippen LogP contribution in [-0.4, -0.2) is 17.6 Å². The van der Waals surface area contributed by atoms with Crippen molar-refractivity contribution in [2.45, 2.75) is 63.6 Å². The third-order valence-electron chi connectivity index (χ3n) is 5.23. The molecule has 0 radical (unpaired) electrons. The summed E-state index contributed by atoms with van der Waals surface area (Å²) in [4.78, 5) is 12.4. The zero-order valence-corrected chi connectivity index (χ0v) is 13.5. The van der Waals surface area contributed by atoms with Crippen molar-refractivity contribution in [3.05, 3.63) is 29.8 Å². The third-order valence-corrected chi connectivity index (χ3v) is 5.23. The molecule has 1 heterocycles. The molecule has 22 heavy (non-hydrogen) atoms. The minimum absolute atomic E-state index is 0.0248. The van der Waals surface area contributed by atoms with Crippen LogP contribution < -0.4 is 15.8 Å². The number of para-hydroxylation sites is 1. The van der Waals surface area contributed by atoms with Crippen molar-refractivity contribution in [3.63, 3.8) is 0 Å². The number of hydrogen-bond acceptors (Lipinski definition) is 3. The van der Waals surface area contributed by atoms with Crippen molar-refractivity contribution in [1.82, 2.24) is 5.32 Å². The predicted octanol–water partition coefficient (Wildman–Crippen LogP) is 2.92. The lowest BCUT2D eigenvalue weighted by atomic mass is 9.85. The van der Waals surface area contributed by atoms with Gasteiger partial charge in [-0.1, -0.05) is 25.1 Å². The molecule has 1 aliphatic heterocycles.